The van der Waals surface area contributed by atoms with Gasteiger partial charge in [0.1, 0.15) is 0 Å². The number of benzene rings is 1. The fourth-order valence-electron chi connectivity index (χ4n) is 2.61. The maximum atomic E-state index is 12.4. The molecule has 0 bridgehead atoms. The van der Waals surface area contributed by atoms with Crippen LogP contribution in [0.15, 0.2) is 29.1 Å². The highest BCUT2D eigenvalue weighted by atomic mass is 16.2. The Balaban J connectivity index is 2.48. The van der Waals surface area contributed by atoms with Gasteiger partial charge in [-0.15, -0.1) is 0 Å². The van der Waals surface area contributed by atoms with Gasteiger partial charge in [0.15, 0.2) is 0 Å². The Kier molecular flexibility index (Phi) is 4.40. The average Bonchev–Trinajstić information content (AvgIpc) is 2.44. The highest BCUT2D eigenvalue weighted by Crippen LogP contribution is 2.20. The number of hydrogen-bond acceptors (Lipinski definition) is 2. The van der Waals surface area contributed by atoms with Crippen LogP contribution in [0.5, 0.6) is 0 Å². The van der Waals surface area contributed by atoms with Crippen molar-refractivity contribution in [2.45, 2.75) is 53.1 Å². The Hall–Kier alpha value is -2.10. The number of H-pyrrole nitrogens is 1. The molecule has 0 unspecified atom stereocenters. The maximum Gasteiger partial charge on any atom is 0.253 e. The van der Waals surface area contributed by atoms with E-state index in [-0.39, 0.29) is 17.0 Å². The first-order chi connectivity index (χ1) is 10.2. The molecule has 4 heteroatoms. The van der Waals surface area contributed by atoms with Crippen molar-refractivity contribution in [2.24, 2.45) is 0 Å². The average molecular weight is 300 g/mol. The molecule has 0 radical (unpaired) electrons. The molecule has 2 rings (SSSR count). The number of aromatic nitrogens is 1. The number of carbonyl (C=O) groups is 1. The van der Waals surface area contributed by atoms with Gasteiger partial charge in [-0.3, -0.25) is 9.59 Å². The molecule has 0 fully saturated rings. The summed E-state index contributed by atoms with van der Waals surface area (Å²) in [6.07, 6.45) is 0.432. The fourth-order valence-corrected chi connectivity index (χ4v) is 2.61. The van der Waals surface area contributed by atoms with Gasteiger partial charge in [0.25, 0.3) is 5.56 Å². The lowest BCUT2D eigenvalue weighted by molar-refractivity contribution is -0.136. The number of amides is 1. The van der Waals surface area contributed by atoms with Gasteiger partial charge in [-0.05, 0) is 44.7 Å². The predicted molar refractivity (Wildman–Crippen MR) is 89.9 cm³/mol. The molecule has 0 saturated heterocycles. The van der Waals surface area contributed by atoms with Gasteiger partial charge in [-0.2, -0.15) is 0 Å². The number of nitrogens with zero attached hydrogens (tertiary/aromatic N) is 1. The maximum absolute atomic E-state index is 12.4. The first-order valence-corrected chi connectivity index (χ1v) is 7.66. The number of aromatic amines is 1. The van der Waals surface area contributed by atoms with E-state index in [9.17, 15) is 9.59 Å². The molecule has 0 aliphatic carbocycles. The third-order valence-corrected chi connectivity index (χ3v) is 3.91. The molecule has 4 nitrogen and oxygen atoms in total. The second-order valence-corrected chi connectivity index (χ2v) is 6.67. The summed E-state index contributed by atoms with van der Waals surface area (Å²) in [5.41, 5.74) is 2.08. The number of carbonyl (C=O) groups excluding carboxylic acids is 1. The van der Waals surface area contributed by atoms with Gasteiger partial charge in [0, 0.05) is 17.5 Å². The molecule has 0 saturated carbocycles. The van der Waals surface area contributed by atoms with Crippen LogP contribution in [0.1, 0.15) is 45.2 Å². The minimum Gasteiger partial charge on any atom is -0.333 e. The zero-order chi connectivity index (χ0) is 16.5. The van der Waals surface area contributed by atoms with Crippen molar-refractivity contribution in [2.75, 3.05) is 0 Å². The van der Waals surface area contributed by atoms with Crippen LogP contribution in [0.25, 0.3) is 10.9 Å². The lowest BCUT2D eigenvalue weighted by Crippen LogP contribution is -2.45. The van der Waals surface area contributed by atoms with E-state index in [1.54, 1.807) is 4.90 Å². The van der Waals surface area contributed by atoms with Gasteiger partial charge >= 0.3 is 0 Å². The Morgan fingerprint density at radius 2 is 1.95 bits per heavy atom. The number of hydrogen-bond donors (Lipinski definition) is 1. The molecule has 1 heterocycles. The Morgan fingerprint density at radius 3 is 2.55 bits per heavy atom. The zero-order valence-corrected chi connectivity index (χ0v) is 14.0. The molecule has 0 aliphatic heterocycles. The van der Waals surface area contributed by atoms with E-state index in [0.29, 0.717) is 18.5 Å². The van der Waals surface area contributed by atoms with Gasteiger partial charge in [0.05, 0.1) is 12.1 Å². The smallest absolute Gasteiger partial charge is 0.253 e. The van der Waals surface area contributed by atoms with Crippen molar-refractivity contribution in [3.63, 3.8) is 0 Å². The molecule has 2 aromatic rings. The monoisotopic (exact) mass is 300 g/mol. The van der Waals surface area contributed by atoms with Gasteiger partial charge in [-0.1, -0.05) is 25.1 Å². The summed E-state index contributed by atoms with van der Waals surface area (Å²) in [7, 11) is 0. The second-order valence-electron chi connectivity index (χ2n) is 6.67. The summed E-state index contributed by atoms with van der Waals surface area (Å²) in [5, 5.41) is 0.993. The number of aryl methyl sites for hydroxylation is 1. The van der Waals surface area contributed by atoms with E-state index >= 15 is 0 Å². The van der Waals surface area contributed by atoms with Gasteiger partial charge in [0.2, 0.25) is 5.91 Å². The quantitative estimate of drug-likeness (QED) is 0.945. The Morgan fingerprint density at radius 1 is 1.27 bits per heavy atom. The standard InChI is InChI=1S/C18H24N2O2/c1-6-15(21)20(18(3,4)5)11-14-10-13-9-7-8-12(2)16(13)19-17(14)22/h7-10H,6,11H2,1-5H3,(H,19,22). The highest BCUT2D eigenvalue weighted by molar-refractivity contribution is 5.82. The molecule has 118 valence electrons. The summed E-state index contributed by atoms with van der Waals surface area (Å²) in [6, 6.07) is 7.81. The van der Waals surface area contributed by atoms with Crippen LogP contribution in [0.2, 0.25) is 0 Å². The summed E-state index contributed by atoms with van der Waals surface area (Å²) >= 11 is 0. The van der Waals surface area contributed by atoms with Crippen molar-refractivity contribution < 1.29 is 4.79 Å². The van der Waals surface area contributed by atoms with Crippen LogP contribution in [0.3, 0.4) is 0 Å². The first-order valence-electron chi connectivity index (χ1n) is 7.66. The normalized spacial score (nSPS) is 11.7. The Bertz CT molecular complexity index is 754. The molecule has 0 aliphatic rings. The summed E-state index contributed by atoms with van der Waals surface area (Å²) in [6.45, 7) is 10.1. The second kappa shape index (κ2) is 5.95. The SMILES string of the molecule is CCC(=O)N(Cc1cc2cccc(C)c2[nH]c1=O)C(C)(C)C. The van der Waals surface area contributed by atoms with Crippen molar-refractivity contribution in [1.82, 2.24) is 9.88 Å². The van der Waals surface area contributed by atoms with Crippen LogP contribution in [0.4, 0.5) is 0 Å². The number of nitrogens with one attached hydrogen (secondary N) is 1. The number of fused-ring (bicyclic) bond motifs is 1. The molecule has 0 spiro atoms. The molecule has 22 heavy (non-hydrogen) atoms. The van der Waals surface area contributed by atoms with Gasteiger partial charge in [-0.25, -0.2) is 0 Å². The number of para-hydroxylation sites is 1. The van der Waals surface area contributed by atoms with Crippen LogP contribution in [-0.2, 0) is 11.3 Å². The molecular weight excluding hydrogens is 276 g/mol. The minimum atomic E-state index is -0.318. The van der Waals surface area contributed by atoms with Crippen molar-refractivity contribution in [1.29, 1.82) is 0 Å². The van der Waals surface area contributed by atoms with E-state index in [0.717, 1.165) is 16.5 Å². The van der Waals surface area contributed by atoms with Crippen LogP contribution >= 0.6 is 0 Å². The summed E-state index contributed by atoms with van der Waals surface area (Å²) in [4.78, 5) is 29.3. The van der Waals surface area contributed by atoms with Crippen molar-refractivity contribution >= 4 is 16.8 Å². The van der Waals surface area contributed by atoms with E-state index in [1.807, 2.05) is 58.9 Å². The molecule has 1 N–H and O–H groups in total. The number of rotatable bonds is 3. The fraction of sp³-hybridized carbons (Fsp3) is 0.444. The lowest BCUT2D eigenvalue weighted by Gasteiger charge is -2.35. The Labute approximate surface area is 131 Å². The highest BCUT2D eigenvalue weighted by Gasteiger charge is 2.26. The van der Waals surface area contributed by atoms with E-state index < -0.39 is 0 Å². The minimum absolute atomic E-state index is 0.0521. The third-order valence-electron chi connectivity index (χ3n) is 3.91. The van der Waals surface area contributed by atoms with Crippen LogP contribution < -0.4 is 5.56 Å². The third kappa shape index (κ3) is 3.21. The van der Waals surface area contributed by atoms with Crippen molar-refractivity contribution in [3.05, 3.63) is 45.7 Å². The van der Waals surface area contributed by atoms with Crippen LogP contribution in [-0.4, -0.2) is 21.3 Å². The van der Waals surface area contributed by atoms with E-state index in [1.165, 1.54) is 0 Å². The molecular formula is C18H24N2O2. The van der Waals surface area contributed by atoms with Gasteiger partial charge < -0.3 is 9.88 Å². The van der Waals surface area contributed by atoms with Crippen molar-refractivity contribution in [3.8, 4) is 0 Å². The molecule has 1 aromatic carbocycles. The predicted octanol–water partition coefficient (Wildman–Crippen LogP) is 3.37. The molecule has 1 amide bonds. The number of pyridine rings is 1. The lowest BCUT2D eigenvalue weighted by atomic mass is 10.0. The topological polar surface area (TPSA) is 53.2 Å². The molecule has 0 atom stereocenters. The zero-order valence-electron chi connectivity index (χ0n) is 14.0. The largest absolute Gasteiger partial charge is 0.333 e. The van der Waals surface area contributed by atoms with E-state index in [2.05, 4.69) is 4.98 Å². The van der Waals surface area contributed by atoms with Crippen LogP contribution in [0, 0.1) is 6.92 Å². The van der Waals surface area contributed by atoms with E-state index in [4.69, 9.17) is 0 Å². The molecule has 1 aromatic heterocycles. The summed E-state index contributed by atoms with van der Waals surface area (Å²) < 4.78 is 0. The first kappa shape index (κ1) is 16.3. The summed E-state index contributed by atoms with van der Waals surface area (Å²) in [5.74, 6) is 0.0521.